The Balaban J connectivity index is 0. The van der Waals surface area contributed by atoms with Crippen molar-refractivity contribution in [3.8, 4) is 0 Å². The molecule has 0 saturated carbocycles. The fourth-order valence-electron chi connectivity index (χ4n) is 0. The van der Waals surface area contributed by atoms with E-state index in [0.717, 1.165) is 0 Å². The monoisotopic (exact) mass is 160 g/mol. The first kappa shape index (κ1) is 177. The van der Waals surface area contributed by atoms with Gasteiger partial charge in [-0.05, 0) is 0 Å². The predicted octanol–water partition coefficient (Wildman–Crippen LogP) is -0.480. The van der Waals surface area contributed by atoms with Crippen molar-refractivity contribution in [3.63, 3.8) is 0 Å². The van der Waals surface area contributed by atoms with Gasteiger partial charge in [0.05, 0.1) is 0 Å². The SMILES string of the molecule is [O-2].[O-2].[O-2].[O-2].[Ti+4].[Ti+4]. The van der Waals surface area contributed by atoms with E-state index in [9.17, 15) is 0 Å². The van der Waals surface area contributed by atoms with E-state index in [2.05, 4.69) is 0 Å². The zero-order valence-corrected chi connectivity index (χ0v) is 5.76. The maximum Gasteiger partial charge on any atom is 4.00 e. The molecule has 0 aromatic carbocycles. The zero-order chi connectivity index (χ0) is 0. The maximum atomic E-state index is 0. The van der Waals surface area contributed by atoms with Crippen LogP contribution in [-0.2, 0) is 65.3 Å². The second-order valence-corrected chi connectivity index (χ2v) is 0. The molecule has 4 nitrogen and oxygen atoms in total. The fourth-order valence-corrected chi connectivity index (χ4v) is 0. The van der Waals surface area contributed by atoms with Crippen LogP contribution < -0.4 is 0 Å². The Morgan fingerprint density at radius 2 is 0.333 bits per heavy atom. The van der Waals surface area contributed by atoms with Crippen LogP contribution in [0.4, 0.5) is 0 Å². The van der Waals surface area contributed by atoms with Gasteiger partial charge in [0.2, 0.25) is 0 Å². The average molecular weight is 160 g/mol. The average Bonchev–Trinajstić information content (AvgIpc) is 0. The zero-order valence-electron chi connectivity index (χ0n) is 2.63. The van der Waals surface area contributed by atoms with Crippen LogP contribution in [0, 0.1) is 0 Å². The molecule has 0 saturated heterocycles. The van der Waals surface area contributed by atoms with Gasteiger partial charge in [0, 0.05) is 0 Å². The van der Waals surface area contributed by atoms with Crippen LogP contribution >= 0.6 is 0 Å². The molecule has 0 aromatic heterocycles. The molecule has 0 unspecified atom stereocenters. The Kier molecular flexibility index (Phi) is 3200. The van der Waals surface area contributed by atoms with Crippen LogP contribution in [0.15, 0.2) is 0 Å². The second-order valence-electron chi connectivity index (χ2n) is 0. The minimum absolute atomic E-state index is 0. The third kappa shape index (κ3) is 59.7. The molecule has 0 atom stereocenters. The molecule has 0 radical (unpaired) electrons. The summed E-state index contributed by atoms with van der Waals surface area (Å²) in [5.41, 5.74) is 0. The molecular weight excluding hydrogens is 160 g/mol. The predicted molar refractivity (Wildman–Crippen MR) is 2.75 cm³/mol. The molecule has 0 aliphatic heterocycles. The first-order valence-corrected chi connectivity index (χ1v) is 0. The van der Waals surface area contributed by atoms with Gasteiger partial charge >= 0.3 is 43.4 Å². The van der Waals surface area contributed by atoms with Crippen LogP contribution in [-0.4, -0.2) is 0 Å². The van der Waals surface area contributed by atoms with Gasteiger partial charge in [-0.2, -0.15) is 0 Å². The molecule has 6 heavy (non-hydrogen) atoms. The van der Waals surface area contributed by atoms with Crippen molar-refractivity contribution in [1.29, 1.82) is 0 Å². The summed E-state index contributed by atoms with van der Waals surface area (Å²) >= 11 is 0. The molecule has 0 heterocycles. The van der Waals surface area contributed by atoms with Gasteiger partial charge in [-0.3, -0.25) is 0 Å². The van der Waals surface area contributed by atoms with Gasteiger partial charge in [0.1, 0.15) is 0 Å². The van der Waals surface area contributed by atoms with E-state index in [4.69, 9.17) is 0 Å². The van der Waals surface area contributed by atoms with Gasteiger partial charge in [-0.1, -0.05) is 0 Å². The Morgan fingerprint density at radius 3 is 0.333 bits per heavy atom. The summed E-state index contributed by atoms with van der Waals surface area (Å²) in [6.07, 6.45) is 0. The van der Waals surface area contributed by atoms with Crippen molar-refractivity contribution < 1.29 is 65.3 Å². The van der Waals surface area contributed by atoms with Crippen LogP contribution in [0.3, 0.4) is 0 Å². The maximum absolute atomic E-state index is 0. The fraction of sp³-hybridized carbons (Fsp3) is 0. The van der Waals surface area contributed by atoms with E-state index >= 15 is 0 Å². The Labute approximate surface area is 65.3 Å². The van der Waals surface area contributed by atoms with Crippen molar-refractivity contribution >= 4 is 0 Å². The van der Waals surface area contributed by atoms with Crippen LogP contribution in [0.2, 0.25) is 0 Å². The minimum atomic E-state index is 0. The van der Waals surface area contributed by atoms with E-state index in [1.807, 2.05) is 0 Å². The quantitative estimate of drug-likeness (QED) is 0.425. The first-order chi connectivity index (χ1) is 0. The Morgan fingerprint density at radius 1 is 0.333 bits per heavy atom. The van der Waals surface area contributed by atoms with E-state index in [0.29, 0.717) is 0 Å². The molecule has 32 valence electrons. The van der Waals surface area contributed by atoms with Gasteiger partial charge < -0.3 is 21.9 Å². The van der Waals surface area contributed by atoms with E-state index < -0.39 is 0 Å². The molecule has 6 heteroatoms. The summed E-state index contributed by atoms with van der Waals surface area (Å²) in [5, 5.41) is 0. The van der Waals surface area contributed by atoms with Crippen molar-refractivity contribution in [3.05, 3.63) is 0 Å². The number of hydrogen-bond donors (Lipinski definition) is 0. The standard InChI is InChI=1S/4O.2Ti/q4*-2;2*+4. The molecule has 0 bridgehead atoms. The number of hydrogen-bond acceptors (Lipinski definition) is 0. The Bertz CT molecular complexity index is 5.51. The molecule has 0 rings (SSSR count). The molecule has 0 amide bonds. The molecule has 0 aliphatic rings. The van der Waals surface area contributed by atoms with E-state index in [1.54, 1.807) is 0 Å². The van der Waals surface area contributed by atoms with E-state index in [-0.39, 0.29) is 65.3 Å². The van der Waals surface area contributed by atoms with Crippen molar-refractivity contribution in [2.24, 2.45) is 0 Å². The summed E-state index contributed by atoms with van der Waals surface area (Å²) in [7, 11) is 0. The summed E-state index contributed by atoms with van der Waals surface area (Å²) in [5.74, 6) is 0. The summed E-state index contributed by atoms with van der Waals surface area (Å²) in [6.45, 7) is 0. The third-order valence-corrected chi connectivity index (χ3v) is 0. The minimum Gasteiger partial charge on any atom is -2.00 e. The number of rotatable bonds is 0. The van der Waals surface area contributed by atoms with Gasteiger partial charge in [-0.25, -0.2) is 0 Å². The summed E-state index contributed by atoms with van der Waals surface area (Å²) in [6, 6.07) is 0. The normalized spacial score (nSPS) is 0. The largest absolute Gasteiger partial charge is 4.00 e. The first-order valence-electron chi connectivity index (χ1n) is 0. The third-order valence-electron chi connectivity index (χ3n) is 0. The van der Waals surface area contributed by atoms with Crippen molar-refractivity contribution in [2.45, 2.75) is 0 Å². The van der Waals surface area contributed by atoms with E-state index in [1.165, 1.54) is 0 Å². The Hall–Kier alpha value is 1.27. The van der Waals surface area contributed by atoms with Crippen LogP contribution in [0.5, 0.6) is 0 Å². The molecule has 0 aliphatic carbocycles. The van der Waals surface area contributed by atoms with Crippen molar-refractivity contribution in [1.82, 2.24) is 0 Å². The van der Waals surface area contributed by atoms with Crippen LogP contribution in [0.1, 0.15) is 0 Å². The summed E-state index contributed by atoms with van der Waals surface area (Å²) < 4.78 is 0. The second kappa shape index (κ2) is 108. The molecule has 0 aromatic rings. The molecule has 0 N–H and O–H groups in total. The molecule has 0 fully saturated rings. The van der Waals surface area contributed by atoms with Gasteiger partial charge in [0.25, 0.3) is 0 Å². The smallest absolute Gasteiger partial charge is 2.00 e. The van der Waals surface area contributed by atoms with Crippen molar-refractivity contribution in [2.75, 3.05) is 0 Å². The summed E-state index contributed by atoms with van der Waals surface area (Å²) in [4.78, 5) is 0. The van der Waals surface area contributed by atoms with Gasteiger partial charge in [-0.15, -0.1) is 0 Å². The van der Waals surface area contributed by atoms with Crippen LogP contribution in [0.25, 0.3) is 0 Å². The molecule has 0 spiro atoms. The molecular formula is O4Ti2. The van der Waals surface area contributed by atoms with Gasteiger partial charge in [0.15, 0.2) is 0 Å². The topological polar surface area (TPSA) is 114 Å².